The molecule has 0 unspecified atom stereocenters. The van der Waals surface area contributed by atoms with Gasteiger partial charge in [-0.15, -0.1) is 0 Å². The van der Waals surface area contributed by atoms with Crippen LogP contribution in [0.25, 0.3) is 0 Å². The first-order chi connectivity index (χ1) is 9.91. The third kappa shape index (κ3) is 15.8. The molecule has 0 aromatic carbocycles. The van der Waals surface area contributed by atoms with Crippen LogP contribution in [0.5, 0.6) is 0 Å². The smallest absolute Gasteiger partial charge is 0.146 e. The van der Waals surface area contributed by atoms with Gasteiger partial charge < -0.3 is 0 Å². The molecule has 0 rings (SSSR count). The molecule has 0 amide bonds. The molecule has 0 N–H and O–H groups in total. The van der Waals surface area contributed by atoms with E-state index in [-0.39, 0.29) is 0 Å². The highest BCUT2D eigenvalue weighted by Gasteiger charge is 2.07. The Morgan fingerprint density at radius 2 is 1.33 bits per heavy atom. The van der Waals surface area contributed by atoms with Crippen LogP contribution in [0.3, 0.4) is 0 Å². The van der Waals surface area contributed by atoms with Crippen molar-refractivity contribution in [3.63, 3.8) is 0 Å². The number of nitrogens with zero attached hydrogens (tertiary/aromatic N) is 1. The van der Waals surface area contributed by atoms with Gasteiger partial charge in [0.2, 0.25) is 0 Å². The monoisotopic (exact) mass is 297 g/mol. The number of likely N-dealkylation sites (N-methyl/N-ethyl adjacent to an activating group) is 1. The fourth-order valence-corrected chi connectivity index (χ4v) is 2.83. The van der Waals surface area contributed by atoms with E-state index in [0.717, 1.165) is 25.3 Å². The Labute approximate surface area is 133 Å². The number of hydrogen-bond donors (Lipinski definition) is 0. The zero-order chi connectivity index (χ0) is 16.1. The van der Waals surface area contributed by atoms with Gasteiger partial charge in [0.15, 0.2) is 0 Å². The minimum absolute atomic E-state index is 0.412. The number of rotatable bonds is 14. The summed E-state index contributed by atoms with van der Waals surface area (Å²) < 4.78 is 0. The van der Waals surface area contributed by atoms with Gasteiger partial charge in [0, 0.05) is 13.0 Å². The van der Waals surface area contributed by atoms with Crippen LogP contribution < -0.4 is 0 Å². The van der Waals surface area contributed by atoms with Crippen molar-refractivity contribution in [1.29, 1.82) is 0 Å². The third-order valence-electron chi connectivity index (χ3n) is 3.86. The van der Waals surface area contributed by atoms with E-state index in [1.54, 1.807) is 0 Å². The van der Waals surface area contributed by atoms with E-state index in [0.29, 0.717) is 18.2 Å². The first kappa shape index (κ1) is 20.6. The zero-order valence-corrected chi connectivity index (χ0v) is 15.3. The molecule has 0 aliphatic heterocycles. The van der Waals surface area contributed by atoms with Crippen molar-refractivity contribution in [3.05, 3.63) is 0 Å². The van der Waals surface area contributed by atoms with Crippen molar-refractivity contribution < 1.29 is 4.79 Å². The van der Waals surface area contributed by atoms with E-state index in [2.05, 4.69) is 39.6 Å². The van der Waals surface area contributed by atoms with Gasteiger partial charge in [-0.2, -0.15) is 0 Å². The molecule has 0 aromatic heterocycles. The van der Waals surface area contributed by atoms with E-state index < -0.39 is 0 Å². The Hall–Kier alpha value is -0.370. The summed E-state index contributed by atoms with van der Waals surface area (Å²) in [5.41, 5.74) is 0. The average Bonchev–Trinajstić information content (AvgIpc) is 2.35. The molecule has 0 heterocycles. The summed E-state index contributed by atoms with van der Waals surface area (Å²) in [5.74, 6) is 1.90. The minimum atomic E-state index is 0.412. The van der Waals surface area contributed by atoms with Crippen LogP contribution in [-0.4, -0.2) is 30.8 Å². The molecule has 126 valence electrons. The lowest BCUT2D eigenvalue weighted by Crippen LogP contribution is -2.29. The van der Waals surface area contributed by atoms with Gasteiger partial charge in [-0.25, -0.2) is 0 Å². The van der Waals surface area contributed by atoms with Crippen LogP contribution in [-0.2, 0) is 4.79 Å². The second-order valence-electron chi connectivity index (χ2n) is 7.54. The molecule has 0 aromatic rings. The Balaban J connectivity index is 3.32. The maximum atomic E-state index is 11.8. The first-order valence-corrected chi connectivity index (χ1v) is 9.12. The summed E-state index contributed by atoms with van der Waals surface area (Å²) in [4.78, 5) is 14.0. The largest absolute Gasteiger partial charge is 0.299 e. The number of unbranched alkanes of at least 4 members (excludes halogenated alkanes) is 6. The molecule has 0 saturated heterocycles. The highest BCUT2D eigenvalue weighted by atomic mass is 16.1. The molecule has 0 bridgehead atoms. The maximum absolute atomic E-state index is 11.8. The third-order valence-corrected chi connectivity index (χ3v) is 3.86. The van der Waals surface area contributed by atoms with Crippen LogP contribution >= 0.6 is 0 Å². The van der Waals surface area contributed by atoms with E-state index in [1.165, 1.54) is 44.9 Å². The summed E-state index contributed by atoms with van der Waals surface area (Å²) >= 11 is 0. The Morgan fingerprint density at radius 3 is 1.86 bits per heavy atom. The SMILES string of the molecule is CC(C)CCCCCCCCCC(=O)CN(C)CC(C)C. The number of ketones is 1. The highest BCUT2D eigenvalue weighted by Crippen LogP contribution is 2.12. The summed E-state index contributed by atoms with van der Waals surface area (Å²) in [6.45, 7) is 10.6. The van der Waals surface area contributed by atoms with Crippen molar-refractivity contribution in [3.8, 4) is 0 Å². The topological polar surface area (TPSA) is 20.3 Å². The molecule has 0 atom stereocenters. The highest BCUT2D eigenvalue weighted by molar-refractivity contribution is 5.80. The van der Waals surface area contributed by atoms with Gasteiger partial charge in [0.05, 0.1) is 6.54 Å². The Bertz CT molecular complexity index is 248. The fourth-order valence-electron chi connectivity index (χ4n) is 2.83. The van der Waals surface area contributed by atoms with Crippen LogP contribution in [0.15, 0.2) is 0 Å². The summed E-state index contributed by atoms with van der Waals surface area (Å²) in [6, 6.07) is 0. The van der Waals surface area contributed by atoms with Crippen molar-refractivity contribution in [2.75, 3.05) is 20.1 Å². The van der Waals surface area contributed by atoms with Gasteiger partial charge in [0.1, 0.15) is 5.78 Å². The predicted octanol–water partition coefficient (Wildman–Crippen LogP) is 5.31. The lowest BCUT2D eigenvalue weighted by molar-refractivity contribution is -0.120. The number of Topliss-reactive ketones (excluding diaryl/α,β-unsaturated/α-hetero) is 1. The van der Waals surface area contributed by atoms with Crippen molar-refractivity contribution in [2.24, 2.45) is 11.8 Å². The molecular weight excluding hydrogens is 258 g/mol. The zero-order valence-electron chi connectivity index (χ0n) is 15.3. The standard InChI is InChI=1S/C19H39NO/c1-17(2)13-11-9-7-6-8-10-12-14-19(21)16-20(5)15-18(3)4/h17-18H,6-16H2,1-5H3. The first-order valence-electron chi connectivity index (χ1n) is 9.12. The lowest BCUT2D eigenvalue weighted by atomic mass is 10.0. The fraction of sp³-hybridized carbons (Fsp3) is 0.947. The van der Waals surface area contributed by atoms with Gasteiger partial charge in [-0.1, -0.05) is 72.6 Å². The normalized spacial score (nSPS) is 11.8. The van der Waals surface area contributed by atoms with E-state index in [4.69, 9.17) is 0 Å². The summed E-state index contributed by atoms with van der Waals surface area (Å²) in [7, 11) is 2.05. The van der Waals surface area contributed by atoms with Gasteiger partial charge >= 0.3 is 0 Å². The molecule has 0 radical (unpaired) electrons. The molecule has 0 aliphatic rings. The second-order valence-corrected chi connectivity index (χ2v) is 7.54. The molecule has 2 nitrogen and oxygen atoms in total. The van der Waals surface area contributed by atoms with Crippen LogP contribution in [0.2, 0.25) is 0 Å². The van der Waals surface area contributed by atoms with Crippen molar-refractivity contribution in [2.45, 2.75) is 85.5 Å². The molecule has 0 fully saturated rings. The number of carbonyl (C=O) groups excluding carboxylic acids is 1. The molecule has 21 heavy (non-hydrogen) atoms. The lowest BCUT2D eigenvalue weighted by Gasteiger charge is -2.17. The van der Waals surface area contributed by atoms with Gasteiger partial charge in [-0.3, -0.25) is 9.69 Å². The van der Waals surface area contributed by atoms with Crippen LogP contribution in [0, 0.1) is 11.8 Å². The van der Waals surface area contributed by atoms with Gasteiger partial charge in [0.25, 0.3) is 0 Å². The molecule has 0 aliphatic carbocycles. The minimum Gasteiger partial charge on any atom is -0.299 e. The molecule has 0 saturated carbocycles. The summed E-state index contributed by atoms with van der Waals surface area (Å²) in [5, 5.41) is 0. The second kappa shape index (κ2) is 13.3. The summed E-state index contributed by atoms with van der Waals surface area (Å²) in [6.07, 6.45) is 11.3. The molecule has 0 spiro atoms. The van der Waals surface area contributed by atoms with Crippen LogP contribution in [0.4, 0.5) is 0 Å². The quantitative estimate of drug-likeness (QED) is 0.405. The van der Waals surface area contributed by atoms with Gasteiger partial charge in [-0.05, 0) is 25.3 Å². The van der Waals surface area contributed by atoms with Crippen LogP contribution in [0.1, 0.15) is 85.5 Å². The predicted molar refractivity (Wildman–Crippen MR) is 93.7 cm³/mol. The number of carbonyl (C=O) groups is 1. The Kier molecular flexibility index (Phi) is 13.1. The molecular formula is C19H39NO. The van der Waals surface area contributed by atoms with Crippen molar-refractivity contribution >= 4 is 5.78 Å². The Morgan fingerprint density at radius 1 is 0.810 bits per heavy atom. The van der Waals surface area contributed by atoms with Crippen molar-refractivity contribution in [1.82, 2.24) is 4.90 Å². The number of hydrogen-bond acceptors (Lipinski definition) is 2. The van der Waals surface area contributed by atoms with E-state index >= 15 is 0 Å². The average molecular weight is 298 g/mol. The maximum Gasteiger partial charge on any atom is 0.146 e. The van der Waals surface area contributed by atoms with E-state index in [1.807, 2.05) is 0 Å². The molecule has 2 heteroatoms. The van der Waals surface area contributed by atoms with E-state index in [9.17, 15) is 4.79 Å².